The molecule has 0 aliphatic heterocycles. The molecular weight excluding hydrogens is 314 g/mol. The summed E-state index contributed by atoms with van der Waals surface area (Å²) >= 11 is 0. The predicted octanol–water partition coefficient (Wildman–Crippen LogP) is 3.41. The molecule has 1 aromatic heterocycles. The molecule has 1 heterocycles. The van der Waals surface area contributed by atoms with Crippen LogP contribution in [0, 0.1) is 0 Å². The number of fused-ring (bicyclic) bond motifs is 1. The molecule has 1 aliphatic rings. The van der Waals surface area contributed by atoms with Crippen molar-refractivity contribution in [3.05, 3.63) is 40.9 Å². The predicted molar refractivity (Wildman–Crippen MR) is 99.5 cm³/mol. The number of hydrogen-bond donors (Lipinski definition) is 1. The van der Waals surface area contributed by atoms with Crippen LogP contribution < -0.4 is 10.9 Å². The Morgan fingerprint density at radius 3 is 2.64 bits per heavy atom. The van der Waals surface area contributed by atoms with Crippen LogP contribution in [0.15, 0.2) is 35.4 Å². The molecule has 0 unspecified atom stereocenters. The van der Waals surface area contributed by atoms with Crippen molar-refractivity contribution in [3.63, 3.8) is 0 Å². The lowest BCUT2D eigenvalue weighted by molar-refractivity contribution is -0.122. The monoisotopic (exact) mass is 341 g/mol. The number of carbonyl (C=O) groups excluding carboxylic acids is 1. The minimum absolute atomic E-state index is 0.0361. The zero-order chi connectivity index (χ0) is 17.5. The van der Waals surface area contributed by atoms with E-state index in [-0.39, 0.29) is 11.5 Å². The molecule has 1 amide bonds. The van der Waals surface area contributed by atoms with Crippen molar-refractivity contribution in [1.82, 2.24) is 14.9 Å². The number of benzene rings is 1. The number of aryl methyl sites for hydroxylation is 1. The fourth-order valence-corrected chi connectivity index (χ4v) is 3.58. The van der Waals surface area contributed by atoms with Gasteiger partial charge in [-0.05, 0) is 31.4 Å². The minimum atomic E-state index is -0.0361. The first kappa shape index (κ1) is 17.6. The van der Waals surface area contributed by atoms with Crippen LogP contribution in [0.3, 0.4) is 0 Å². The zero-order valence-electron chi connectivity index (χ0n) is 14.7. The Balaban J connectivity index is 1.50. The van der Waals surface area contributed by atoms with Crippen molar-refractivity contribution in [2.24, 2.45) is 0 Å². The first-order valence-electron chi connectivity index (χ1n) is 9.47. The molecule has 0 bridgehead atoms. The molecule has 2 aromatic rings. The summed E-state index contributed by atoms with van der Waals surface area (Å²) in [7, 11) is 0. The molecule has 5 nitrogen and oxygen atoms in total. The van der Waals surface area contributed by atoms with Gasteiger partial charge >= 0.3 is 0 Å². The van der Waals surface area contributed by atoms with Gasteiger partial charge in [-0.15, -0.1) is 0 Å². The summed E-state index contributed by atoms with van der Waals surface area (Å²) in [6.07, 6.45) is 11.2. The minimum Gasteiger partial charge on any atom is -0.353 e. The first-order valence-corrected chi connectivity index (χ1v) is 9.47. The fraction of sp³-hybridized carbons (Fsp3) is 0.550. The number of rotatable bonds is 5. The van der Waals surface area contributed by atoms with Gasteiger partial charge in [0, 0.05) is 19.0 Å². The largest absolute Gasteiger partial charge is 0.353 e. The van der Waals surface area contributed by atoms with Crippen molar-refractivity contribution >= 4 is 16.8 Å². The maximum absolute atomic E-state index is 12.4. The van der Waals surface area contributed by atoms with E-state index in [9.17, 15) is 9.59 Å². The highest BCUT2D eigenvalue weighted by Crippen LogP contribution is 2.17. The first-order chi connectivity index (χ1) is 12.2. The molecule has 0 saturated heterocycles. The van der Waals surface area contributed by atoms with E-state index in [1.54, 1.807) is 17.0 Å². The van der Waals surface area contributed by atoms with Crippen molar-refractivity contribution < 1.29 is 4.79 Å². The van der Waals surface area contributed by atoms with Crippen LogP contribution in [0.2, 0.25) is 0 Å². The van der Waals surface area contributed by atoms with Gasteiger partial charge < -0.3 is 5.32 Å². The molecule has 0 radical (unpaired) electrons. The van der Waals surface area contributed by atoms with Crippen LogP contribution in [0.4, 0.5) is 0 Å². The number of aromatic nitrogens is 2. The molecule has 3 rings (SSSR count). The molecule has 1 N–H and O–H groups in total. The van der Waals surface area contributed by atoms with E-state index < -0.39 is 0 Å². The highest BCUT2D eigenvalue weighted by molar-refractivity contribution is 5.77. The number of nitrogens with zero attached hydrogens (tertiary/aromatic N) is 2. The Bertz CT molecular complexity index is 761. The molecular formula is C20H27N3O2. The van der Waals surface area contributed by atoms with Gasteiger partial charge in [0.2, 0.25) is 5.91 Å². The second-order valence-corrected chi connectivity index (χ2v) is 6.97. The third-order valence-corrected chi connectivity index (χ3v) is 5.00. The van der Waals surface area contributed by atoms with Gasteiger partial charge in [-0.3, -0.25) is 14.2 Å². The Morgan fingerprint density at radius 2 is 1.84 bits per heavy atom. The summed E-state index contributed by atoms with van der Waals surface area (Å²) in [5.74, 6) is 0.104. The summed E-state index contributed by atoms with van der Waals surface area (Å²) < 4.78 is 1.60. The normalized spacial score (nSPS) is 16.3. The quantitative estimate of drug-likeness (QED) is 0.906. The maximum atomic E-state index is 12.4. The molecule has 1 saturated carbocycles. The molecule has 1 aliphatic carbocycles. The summed E-state index contributed by atoms with van der Waals surface area (Å²) in [5, 5.41) is 3.80. The highest BCUT2D eigenvalue weighted by atomic mass is 16.1. The van der Waals surface area contributed by atoms with E-state index in [0.717, 1.165) is 12.8 Å². The summed E-state index contributed by atoms with van der Waals surface area (Å²) in [6, 6.07) is 7.68. The molecule has 0 spiro atoms. The summed E-state index contributed by atoms with van der Waals surface area (Å²) in [4.78, 5) is 28.9. The van der Waals surface area contributed by atoms with Crippen LogP contribution in [0.5, 0.6) is 0 Å². The van der Waals surface area contributed by atoms with Gasteiger partial charge in [-0.2, -0.15) is 0 Å². The van der Waals surface area contributed by atoms with Crippen LogP contribution >= 0.6 is 0 Å². The SMILES string of the molecule is O=C(CCCn1cnc2ccccc2c1=O)NC1CCCCCCC1. The van der Waals surface area contributed by atoms with Gasteiger partial charge in [0.25, 0.3) is 5.56 Å². The average Bonchev–Trinajstić information content (AvgIpc) is 2.59. The van der Waals surface area contributed by atoms with Crippen molar-refractivity contribution in [2.75, 3.05) is 0 Å². The van der Waals surface area contributed by atoms with Crippen LogP contribution in [-0.4, -0.2) is 21.5 Å². The van der Waals surface area contributed by atoms with Crippen LogP contribution in [0.1, 0.15) is 57.8 Å². The van der Waals surface area contributed by atoms with E-state index in [0.29, 0.717) is 36.3 Å². The van der Waals surface area contributed by atoms with E-state index in [2.05, 4.69) is 10.3 Å². The van der Waals surface area contributed by atoms with Gasteiger partial charge in [-0.1, -0.05) is 44.2 Å². The standard InChI is InChI=1S/C20H27N3O2/c24-19(22-16-9-4-2-1-3-5-10-16)13-8-14-23-15-21-18-12-7-6-11-17(18)20(23)25/h6-7,11-12,15-16H,1-5,8-10,13-14H2,(H,22,24). The average molecular weight is 341 g/mol. The van der Waals surface area contributed by atoms with Gasteiger partial charge in [0.1, 0.15) is 0 Å². The van der Waals surface area contributed by atoms with Gasteiger partial charge in [0.05, 0.1) is 17.2 Å². The number of hydrogen-bond acceptors (Lipinski definition) is 3. The van der Waals surface area contributed by atoms with Crippen molar-refractivity contribution in [3.8, 4) is 0 Å². The van der Waals surface area contributed by atoms with Gasteiger partial charge in [-0.25, -0.2) is 4.98 Å². The smallest absolute Gasteiger partial charge is 0.261 e. The molecule has 1 fully saturated rings. The molecule has 0 atom stereocenters. The summed E-state index contributed by atoms with van der Waals surface area (Å²) in [5.41, 5.74) is 0.678. The Labute approximate surface area is 148 Å². The van der Waals surface area contributed by atoms with Crippen molar-refractivity contribution in [1.29, 1.82) is 0 Å². The maximum Gasteiger partial charge on any atom is 0.261 e. The topological polar surface area (TPSA) is 64.0 Å². The van der Waals surface area contributed by atoms with Crippen LogP contribution in [0.25, 0.3) is 10.9 Å². The fourth-order valence-electron chi connectivity index (χ4n) is 3.58. The van der Waals surface area contributed by atoms with E-state index in [1.807, 2.05) is 18.2 Å². The van der Waals surface area contributed by atoms with Crippen LogP contribution in [-0.2, 0) is 11.3 Å². The lowest BCUT2D eigenvalue weighted by Crippen LogP contribution is -2.35. The molecule has 25 heavy (non-hydrogen) atoms. The highest BCUT2D eigenvalue weighted by Gasteiger charge is 2.14. The zero-order valence-corrected chi connectivity index (χ0v) is 14.7. The molecule has 5 heteroatoms. The number of nitrogens with one attached hydrogen (secondary N) is 1. The number of amides is 1. The molecule has 134 valence electrons. The van der Waals surface area contributed by atoms with Crippen molar-refractivity contribution in [2.45, 2.75) is 70.4 Å². The second kappa shape index (κ2) is 8.79. The van der Waals surface area contributed by atoms with Gasteiger partial charge in [0.15, 0.2) is 0 Å². The Hall–Kier alpha value is -2.17. The molecule has 1 aromatic carbocycles. The van der Waals surface area contributed by atoms with E-state index in [4.69, 9.17) is 0 Å². The summed E-state index contributed by atoms with van der Waals surface area (Å²) in [6.45, 7) is 0.523. The Morgan fingerprint density at radius 1 is 1.12 bits per heavy atom. The lowest BCUT2D eigenvalue weighted by atomic mass is 9.96. The van der Waals surface area contributed by atoms with E-state index >= 15 is 0 Å². The second-order valence-electron chi connectivity index (χ2n) is 6.97. The van der Waals surface area contributed by atoms with E-state index in [1.165, 1.54) is 32.1 Å². The third kappa shape index (κ3) is 4.91. The number of carbonyl (C=O) groups is 1. The third-order valence-electron chi connectivity index (χ3n) is 5.00. The Kier molecular flexibility index (Phi) is 6.20. The lowest BCUT2D eigenvalue weighted by Gasteiger charge is -2.21. The number of para-hydroxylation sites is 1.